The van der Waals surface area contributed by atoms with Crippen LogP contribution in [0.5, 0.6) is 0 Å². The zero-order valence-corrected chi connectivity index (χ0v) is 9.65. The highest BCUT2D eigenvalue weighted by atomic mass is 35.5. The number of hydrazine groups is 1. The van der Waals surface area contributed by atoms with Crippen molar-refractivity contribution in [1.29, 1.82) is 0 Å². The van der Waals surface area contributed by atoms with Gasteiger partial charge in [0, 0.05) is 18.9 Å². The minimum Gasteiger partial charge on any atom is -0.365 e. The van der Waals surface area contributed by atoms with E-state index in [0.29, 0.717) is 23.3 Å². The van der Waals surface area contributed by atoms with Crippen LogP contribution < -0.4 is 16.6 Å². The number of rotatable bonds is 4. The molecule has 0 atom stereocenters. The summed E-state index contributed by atoms with van der Waals surface area (Å²) in [5.41, 5.74) is 3.44. The molecular formula is C10H11ClN6. The lowest BCUT2D eigenvalue weighted by Crippen LogP contribution is -2.12. The first-order chi connectivity index (χ1) is 8.29. The van der Waals surface area contributed by atoms with Crippen molar-refractivity contribution in [3.8, 4) is 0 Å². The fourth-order valence-corrected chi connectivity index (χ4v) is 1.40. The molecule has 0 unspecified atom stereocenters. The van der Waals surface area contributed by atoms with Crippen LogP contribution in [0.2, 0.25) is 5.02 Å². The van der Waals surface area contributed by atoms with Gasteiger partial charge in [0.15, 0.2) is 5.82 Å². The second-order valence-electron chi connectivity index (χ2n) is 3.24. The zero-order valence-electron chi connectivity index (χ0n) is 8.89. The lowest BCUT2D eigenvalue weighted by Gasteiger charge is -2.08. The first-order valence-electron chi connectivity index (χ1n) is 4.91. The van der Waals surface area contributed by atoms with Crippen molar-refractivity contribution in [2.45, 2.75) is 6.54 Å². The molecule has 0 saturated heterocycles. The molecule has 0 saturated carbocycles. The maximum atomic E-state index is 5.95. The van der Waals surface area contributed by atoms with Crippen molar-refractivity contribution in [3.63, 3.8) is 0 Å². The average molecular weight is 251 g/mol. The molecule has 0 spiro atoms. The third kappa shape index (κ3) is 3.02. The van der Waals surface area contributed by atoms with Gasteiger partial charge in [0.1, 0.15) is 5.02 Å². The second-order valence-corrected chi connectivity index (χ2v) is 3.65. The summed E-state index contributed by atoms with van der Waals surface area (Å²) in [6, 6.07) is 3.81. The van der Waals surface area contributed by atoms with Gasteiger partial charge in [0.25, 0.3) is 0 Å². The molecule has 4 N–H and O–H groups in total. The van der Waals surface area contributed by atoms with E-state index in [1.807, 2.05) is 12.1 Å². The molecule has 17 heavy (non-hydrogen) atoms. The Morgan fingerprint density at radius 2 is 2.06 bits per heavy atom. The molecular weight excluding hydrogens is 240 g/mol. The molecule has 0 aromatic carbocycles. The Balaban J connectivity index is 2.08. The molecule has 0 amide bonds. The lowest BCUT2D eigenvalue weighted by atomic mass is 10.3. The largest absolute Gasteiger partial charge is 0.365 e. The van der Waals surface area contributed by atoms with Gasteiger partial charge in [-0.3, -0.25) is 10.4 Å². The van der Waals surface area contributed by atoms with Crippen molar-refractivity contribution in [3.05, 3.63) is 41.3 Å². The minimum atomic E-state index is 0.312. The minimum absolute atomic E-state index is 0.312. The molecule has 0 radical (unpaired) electrons. The maximum absolute atomic E-state index is 5.95. The highest BCUT2D eigenvalue weighted by Crippen LogP contribution is 2.19. The summed E-state index contributed by atoms with van der Waals surface area (Å²) in [6.45, 7) is 0.600. The number of pyridine rings is 1. The van der Waals surface area contributed by atoms with E-state index >= 15 is 0 Å². The fourth-order valence-electron chi connectivity index (χ4n) is 1.25. The highest BCUT2D eigenvalue weighted by molar-refractivity contribution is 6.32. The van der Waals surface area contributed by atoms with Crippen LogP contribution in [-0.2, 0) is 6.54 Å². The third-order valence-corrected chi connectivity index (χ3v) is 2.36. The van der Waals surface area contributed by atoms with Gasteiger partial charge in [-0.2, -0.15) is 4.98 Å². The average Bonchev–Trinajstić information content (AvgIpc) is 2.39. The van der Waals surface area contributed by atoms with Gasteiger partial charge < -0.3 is 5.32 Å². The molecule has 2 aromatic heterocycles. The zero-order chi connectivity index (χ0) is 12.1. The summed E-state index contributed by atoms with van der Waals surface area (Å²) in [5, 5.41) is 3.54. The number of nitrogens with two attached hydrogens (primary N) is 1. The molecule has 88 valence electrons. The summed E-state index contributed by atoms with van der Waals surface area (Å²) in [6.07, 6.45) is 4.94. The topological polar surface area (TPSA) is 88.8 Å². The van der Waals surface area contributed by atoms with Gasteiger partial charge in [-0.05, 0) is 17.7 Å². The van der Waals surface area contributed by atoms with Crippen LogP contribution in [0.25, 0.3) is 0 Å². The molecule has 0 aliphatic rings. The maximum Gasteiger partial charge on any atom is 0.239 e. The van der Waals surface area contributed by atoms with Crippen molar-refractivity contribution in [1.82, 2.24) is 15.0 Å². The number of hydrogen-bond acceptors (Lipinski definition) is 6. The van der Waals surface area contributed by atoms with Gasteiger partial charge in [0.05, 0.1) is 6.20 Å². The van der Waals surface area contributed by atoms with Gasteiger partial charge in [-0.25, -0.2) is 10.8 Å². The third-order valence-electron chi connectivity index (χ3n) is 2.08. The first-order valence-corrected chi connectivity index (χ1v) is 5.29. The van der Waals surface area contributed by atoms with Crippen molar-refractivity contribution in [2.75, 3.05) is 10.7 Å². The number of aromatic nitrogens is 3. The van der Waals surface area contributed by atoms with Gasteiger partial charge in [0.2, 0.25) is 5.95 Å². The number of nitrogen functional groups attached to an aromatic ring is 1. The van der Waals surface area contributed by atoms with Crippen LogP contribution in [0.1, 0.15) is 5.56 Å². The Labute approximate surface area is 103 Å². The summed E-state index contributed by atoms with van der Waals surface area (Å²) in [5.74, 6) is 6.07. The summed E-state index contributed by atoms with van der Waals surface area (Å²) in [4.78, 5) is 11.9. The Kier molecular flexibility index (Phi) is 3.69. The first kappa shape index (κ1) is 11.6. The molecule has 0 fully saturated rings. The normalized spacial score (nSPS) is 10.0. The molecule has 2 aromatic rings. The van der Waals surface area contributed by atoms with Crippen molar-refractivity contribution >= 4 is 23.4 Å². The highest BCUT2D eigenvalue weighted by Gasteiger charge is 2.04. The summed E-state index contributed by atoms with van der Waals surface area (Å²) < 4.78 is 0. The van der Waals surface area contributed by atoms with E-state index in [9.17, 15) is 0 Å². The van der Waals surface area contributed by atoms with E-state index in [4.69, 9.17) is 17.4 Å². The molecule has 6 nitrogen and oxygen atoms in total. The van der Waals surface area contributed by atoms with Crippen LogP contribution >= 0.6 is 11.6 Å². The molecule has 7 heteroatoms. The quantitative estimate of drug-likeness (QED) is 0.562. The van der Waals surface area contributed by atoms with Crippen LogP contribution in [0.4, 0.5) is 11.8 Å². The van der Waals surface area contributed by atoms with Crippen LogP contribution in [0.3, 0.4) is 0 Å². The van der Waals surface area contributed by atoms with Gasteiger partial charge in [-0.1, -0.05) is 11.6 Å². The van der Waals surface area contributed by atoms with Crippen molar-refractivity contribution in [2.24, 2.45) is 5.84 Å². The van der Waals surface area contributed by atoms with Crippen molar-refractivity contribution < 1.29 is 0 Å². The number of nitrogens with one attached hydrogen (secondary N) is 2. The molecule has 2 heterocycles. The van der Waals surface area contributed by atoms with Crippen LogP contribution in [-0.4, -0.2) is 15.0 Å². The van der Waals surface area contributed by atoms with E-state index in [-0.39, 0.29) is 0 Å². The smallest absolute Gasteiger partial charge is 0.239 e. The Morgan fingerprint density at radius 3 is 2.76 bits per heavy atom. The number of anilines is 2. The standard InChI is InChI=1S/C10H11ClN6/c11-8-6-15-10(17-12)16-9(8)14-5-7-1-3-13-4-2-7/h1-4,6H,5,12H2,(H2,14,15,16,17). The van der Waals surface area contributed by atoms with E-state index < -0.39 is 0 Å². The van der Waals surface area contributed by atoms with E-state index in [1.165, 1.54) is 6.20 Å². The Morgan fingerprint density at radius 1 is 1.29 bits per heavy atom. The van der Waals surface area contributed by atoms with Gasteiger partial charge >= 0.3 is 0 Å². The van der Waals surface area contributed by atoms with E-state index in [2.05, 4.69) is 25.7 Å². The Hall–Kier alpha value is -1.92. The van der Waals surface area contributed by atoms with E-state index in [0.717, 1.165) is 5.56 Å². The predicted octanol–water partition coefficient (Wildman–Crippen LogP) is 1.42. The van der Waals surface area contributed by atoms with Gasteiger partial charge in [-0.15, -0.1) is 0 Å². The fraction of sp³-hybridized carbons (Fsp3) is 0.100. The lowest BCUT2D eigenvalue weighted by molar-refractivity contribution is 1.06. The van der Waals surface area contributed by atoms with Crippen LogP contribution in [0.15, 0.2) is 30.7 Å². The molecule has 2 rings (SSSR count). The number of halogens is 1. The number of nitrogens with zero attached hydrogens (tertiary/aromatic N) is 3. The second kappa shape index (κ2) is 5.42. The molecule has 0 aliphatic carbocycles. The molecule has 0 aliphatic heterocycles. The van der Waals surface area contributed by atoms with Crippen LogP contribution in [0, 0.1) is 0 Å². The van der Waals surface area contributed by atoms with E-state index in [1.54, 1.807) is 12.4 Å². The number of hydrogen-bond donors (Lipinski definition) is 3. The summed E-state index contributed by atoms with van der Waals surface area (Å²) >= 11 is 5.95. The Bertz CT molecular complexity index is 489. The SMILES string of the molecule is NNc1ncc(Cl)c(NCc2ccncc2)n1. The predicted molar refractivity (Wildman–Crippen MR) is 66.4 cm³/mol. The summed E-state index contributed by atoms with van der Waals surface area (Å²) in [7, 11) is 0. The molecule has 0 bridgehead atoms. The monoisotopic (exact) mass is 250 g/mol.